The Morgan fingerprint density at radius 1 is 1.08 bits per heavy atom. The molecule has 0 bridgehead atoms. The molecule has 2 N–H and O–H groups in total. The molecule has 0 aliphatic rings. The minimum atomic E-state index is -4.98. The number of benzene rings is 2. The lowest BCUT2D eigenvalue weighted by Crippen LogP contribution is -2.41. The van der Waals surface area contributed by atoms with E-state index in [0.29, 0.717) is 16.3 Å². The predicted octanol–water partition coefficient (Wildman–Crippen LogP) is 6.20. The van der Waals surface area contributed by atoms with Crippen molar-refractivity contribution < 1.29 is 27.7 Å². The second-order valence-electron chi connectivity index (χ2n) is 8.99. The number of anilines is 1. The summed E-state index contributed by atoms with van der Waals surface area (Å²) in [7, 11) is 0. The second-order valence-corrected chi connectivity index (χ2v) is 9.84. The molecular weight excluding hydrogens is 538 g/mol. The van der Waals surface area contributed by atoms with E-state index in [0.717, 1.165) is 6.07 Å². The van der Waals surface area contributed by atoms with Crippen LogP contribution in [0.2, 0.25) is 10.0 Å². The Morgan fingerprint density at radius 3 is 2.30 bits per heavy atom. The van der Waals surface area contributed by atoms with Gasteiger partial charge in [0.2, 0.25) is 0 Å². The molecule has 196 valence electrons. The van der Waals surface area contributed by atoms with Crippen molar-refractivity contribution in [2.24, 2.45) is 0 Å². The first-order valence-electron chi connectivity index (χ1n) is 10.5. The van der Waals surface area contributed by atoms with Crippen LogP contribution in [0.25, 0.3) is 5.69 Å². The topological polar surface area (TPSA) is 119 Å². The van der Waals surface area contributed by atoms with Crippen molar-refractivity contribution in [1.82, 2.24) is 15.1 Å². The molecule has 37 heavy (non-hydrogen) atoms. The van der Waals surface area contributed by atoms with Gasteiger partial charge in [-0.25, -0.2) is 4.68 Å². The van der Waals surface area contributed by atoms with Crippen LogP contribution in [0.3, 0.4) is 0 Å². The van der Waals surface area contributed by atoms with Gasteiger partial charge in [0.15, 0.2) is 11.4 Å². The van der Waals surface area contributed by atoms with E-state index in [-0.39, 0.29) is 21.3 Å². The van der Waals surface area contributed by atoms with Crippen LogP contribution >= 0.6 is 23.2 Å². The number of nitrogens with zero attached hydrogens (tertiary/aromatic N) is 3. The molecule has 0 radical (unpaired) electrons. The zero-order chi connectivity index (χ0) is 27.9. The third-order valence-electron chi connectivity index (χ3n) is 4.88. The maximum atomic E-state index is 13.5. The molecule has 3 aromatic rings. The van der Waals surface area contributed by atoms with Crippen LogP contribution in [0.15, 0.2) is 36.4 Å². The Bertz CT molecular complexity index is 1410. The van der Waals surface area contributed by atoms with Crippen LogP contribution < -0.4 is 10.6 Å². The molecule has 2 aromatic carbocycles. The van der Waals surface area contributed by atoms with Crippen LogP contribution in [-0.4, -0.2) is 32.1 Å². The quantitative estimate of drug-likeness (QED) is 0.286. The van der Waals surface area contributed by atoms with E-state index in [1.807, 2.05) is 0 Å². The van der Waals surface area contributed by atoms with Gasteiger partial charge in [0.25, 0.3) is 17.5 Å². The first kappa shape index (κ1) is 27.9. The molecule has 0 aliphatic heterocycles. The Labute approximate surface area is 218 Å². The molecule has 0 saturated carbocycles. The number of nitro benzene ring substituents is 1. The summed E-state index contributed by atoms with van der Waals surface area (Å²) < 4.78 is 41.1. The van der Waals surface area contributed by atoms with Gasteiger partial charge in [-0.05, 0) is 51.5 Å². The van der Waals surface area contributed by atoms with Crippen molar-refractivity contribution in [3.63, 3.8) is 0 Å². The first-order valence-corrected chi connectivity index (χ1v) is 11.3. The Kier molecular flexibility index (Phi) is 7.57. The summed E-state index contributed by atoms with van der Waals surface area (Å²) in [6.45, 7) is 6.73. The van der Waals surface area contributed by atoms with Crippen LogP contribution in [0.1, 0.15) is 52.9 Å². The van der Waals surface area contributed by atoms with E-state index >= 15 is 0 Å². The number of nitrogens with one attached hydrogen (secondary N) is 2. The Balaban J connectivity index is 2.19. The van der Waals surface area contributed by atoms with Crippen molar-refractivity contribution in [1.29, 1.82) is 0 Å². The number of rotatable bonds is 5. The van der Waals surface area contributed by atoms with Gasteiger partial charge >= 0.3 is 6.18 Å². The molecule has 1 heterocycles. The highest BCUT2D eigenvalue weighted by molar-refractivity contribution is 6.33. The maximum Gasteiger partial charge on any atom is 0.435 e. The fourth-order valence-electron chi connectivity index (χ4n) is 3.39. The number of nitro groups is 1. The molecular formula is C23H20Cl2F3N5O4. The average Bonchev–Trinajstić information content (AvgIpc) is 3.19. The van der Waals surface area contributed by atoms with Gasteiger partial charge in [0.05, 0.1) is 21.2 Å². The number of amides is 2. The van der Waals surface area contributed by atoms with Gasteiger partial charge in [-0.1, -0.05) is 29.3 Å². The van der Waals surface area contributed by atoms with Crippen LogP contribution in [0.4, 0.5) is 24.5 Å². The van der Waals surface area contributed by atoms with Crippen molar-refractivity contribution in [2.45, 2.75) is 39.4 Å². The molecule has 0 atom stereocenters. The zero-order valence-electron chi connectivity index (χ0n) is 19.8. The summed E-state index contributed by atoms with van der Waals surface area (Å²) in [6.07, 6.45) is -4.98. The van der Waals surface area contributed by atoms with E-state index in [4.69, 9.17) is 23.2 Å². The van der Waals surface area contributed by atoms with E-state index in [2.05, 4.69) is 15.7 Å². The lowest BCUT2D eigenvalue weighted by atomic mass is 10.0. The van der Waals surface area contributed by atoms with Crippen molar-refractivity contribution in [3.8, 4) is 5.69 Å². The molecule has 0 aliphatic carbocycles. The average molecular weight is 558 g/mol. The van der Waals surface area contributed by atoms with Gasteiger partial charge in [-0.2, -0.15) is 18.3 Å². The number of hydrogen-bond donors (Lipinski definition) is 2. The lowest BCUT2D eigenvalue weighted by molar-refractivity contribution is -0.384. The highest BCUT2D eigenvalue weighted by Gasteiger charge is 2.37. The fraction of sp³-hybridized carbons (Fsp3) is 0.261. The van der Waals surface area contributed by atoms with Gasteiger partial charge in [0, 0.05) is 22.7 Å². The molecule has 0 saturated heterocycles. The van der Waals surface area contributed by atoms with Crippen molar-refractivity contribution in [2.75, 3.05) is 5.32 Å². The number of carbonyl (C=O) groups excluding carboxylic acids is 2. The van der Waals surface area contributed by atoms with Gasteiger partial charge in [0.1, 0.15) is 5.69 Å². The number of alkyl halides is 3. The lowest BCUT2D eigenvalue weighted by Gasteiger charge is -2.22. The van der Waals surface area contributed by atoms with Crippen LogP contribution in [0.5, 0.6) is 0 Å². The SMILES string of the molecule is Cc1cc(Cl)cc(C(=O)NC(C)(C)C)c1NC(=O)c1cc(C(F)(F)F)nn1-c1c(Cl)cccc1[N+](=O)[O-]. The summed E-state index contributed by atoms with van der Waals surface area (Å²) >= 11 is 12.2. The first-order chi connectivity index (χ1) is 17.0. The third kappa shape index (κ3) is 6.20. The number of halogens is 5. The molecule has 9 nitrogen and oxygen atoms in total. The fourth-order valence-corrected chi connectivity index (χ4v) is 3.91. The minimum absolute atomic E-state index is 0.0221. The monoisotopic (exact) mass is 557 g/mol. The number of aromatic nitrogens is 2. The summed E-state index contributed by atoms with van der Waals surface area (Å²) in [6, 6.07) is 6.62. The Hall–Kier alpha value is -3.64. The summed E-state index contributed by atoms with van der Waals surface area (Å²) in [5.74, 6) is -1.73. The largest absolute Gasteiger partial charge is 0.435 e. The highest BCUT2D eigenvalue weighted by Crippen LogP contribution is 2.35. The summed E-state index contributed by atoms with van der Waals surface area (Å²) in [4.78, 5) is 36.9. The van der Waals surface area contributed by atoms with E-state index < -0.39 is 51.2 Å². The molecule has 1 aromatic heterocycles. The summed E-state index contributed by atoms with van der Waals surface area (Å²) in [5, 5.41) is 20.0. The number of carbonyl (C=O) groups is 2. The smallest absolute Gasteiger partial charge is 0.347 e. The van der Waals surface area contributed by atoms with Gasteiger partial charge in [-0.15, -0.1) is 0 Å². The number of hydrogen-bond acceptors (Lipinski definition) is 5. The van der Waals surface area contributed by atoms with E-state index in [1.54, 1.807) is 20.8 Å². The molecule has 0 unspecified atom stereocenters. The van der Waals surface area contributed by atoms with Gasteiger partial charge in [-0.3, -0.25) is 19.7 Å². The van der Waals surface area contributed by atoms with E-state index in [9.17, 15) is 32.9 Å². The number of aryl methyl sites for hydroxylation is 1. The number of para-hydroxylation sites is 1. The normalized spacial score (nSPS) is 11.8. The van der Waals surface area contributed by atoms with Crippen LogP contribution in [-0.2, 0) is 6.18 Å². The van der Waals surface area contributed by atoms with Crippen molar-refractivity contribution in [3.05, 3.63) is 79.1 Å². The van der Waals surface area contributed by atoms with Crippen molar-refractivity contribution >= 4 is 46.4 Å². The summed E-state index contributed by atoms with van der Waals surface area (Å²) in [5.41, 5.74) is -3.78. The predicted molar refractivity (Wildman–Crippen MR) is 132 cm³/mol. The molecule has 0 fully saturated rings. The van der Waals surface area contributed by atoms with Gasteiger partial charge < -0.3 is 10.6 Å². The molecule has 3 rings (SSSR count). The molecule has 0 spiro atoms. The standard InChI is InChI=1S/C23H20Cl2F3N5O4/c1-11-8-12(24)9-13(20(34)30-22(2,3)4)18(11)29-21(35)16-10-17(23(26,27)28)31-32(16)19-14(25)6-5-7-15(19)33(36)37/h5-10H,1-4H3,(H,29,35)(H,30,34). The minimum Gasteiger partial charge on any atom is -0.347 e. The second kappa shape index (κ2) is 10.0. The zero-order valence-corrected chi connectivity index (χ0v) is 21.3. The van der Waals surface area contributed by atoms with E-state index in [1.165, 1.54) is 31.2 Å². The highest BCUT2D eigenvalue weighted by atomic mass is 35.5. The van der Waals surface area contributed by atoms with Crippen LogP contribution in [0, 0.1) is 17.0 Å². The Morgan fingerprint density at radius 2 is 1.73 bits per heavy atom. The third-order valence-corrected chi connectivity index (χ3v) is 5.40. The maximum absolute atomic E-state index is 13.5. The molecule has 14 heteroatoms. The molecule has 2 amide bonds.